The number of nitrogens with zero attached hydrogens (tertiary/aromatic N) is 1. The summed E-state index contributed by atoms with van der Waals surface area (Å²) >= 11 is 1.25. The Hall–Kier alpha value is -2.15. The number of carbonyl (C=O) groups excluding carboxylic acids is 1. The second kappa shape index (κ2) is 5.00. The van der Waals surface area contributed by atoms with Crippen molar-refractivity contribution >= 4 is 28.2 Å². The second-order valence-corrected chi connectivity index (χ2v) is 6.36. The first-order chi connectivity index (χ1) is 9.97. The summed E-state index contributed by atoms with van der Waals surface area (Å²) in [6, 6.07) is 1.63. The summed E-state index contributed by atoms with van der Waals surface area (Å²) in [4.78, 5) is 24.3. The van der Waals surface area contributed by atoms with Gasteiger partial charge in [-0.2, -0.15) is 0 Å². The summed E-state index contributed by atoms with van der Waals surface area (Å²) < 4.78 is 5.13. The lowest BCUT2D eigenvalue weighted by Crippen LogP contribution is -2.13. The second-order valence-electron chi connectivity index (χ2n) is 5.14. The average Bonchev–Trinajstić information content (AvgIpc) is 3.07. The number of thiophene rings is 1. The first-order valence-corrected chi connectivity index (χ1v) is 7.40. The van der Waals surface area contributed by atoms with Gasteiger partial charge in [-0.15, -0.1) is 11.3 Å². The van der Waals surface area contributed by atoms with E-state index in [0.29, 0.717) is 16.5 Å². The maximum atomic E-state index is 12.1. The molecule has 2 heterocycles. The fourth-order valence-electron chi connectivity index (χ4n) is 2.10. The van der Waals surface area contributed by atoms with Crippen molar-refractivity contribution in [2.45, 2.75) is 32.6 Å². The number of nitrogens with one attached hydrogen (secondary N) is 1. The molecule has 0 spiro atoms. The molecule has 0 aliphatic heterocycles. The third-order valence-corrected chi connectivity index (χ3v) is 4.69. The number of aromatic carboxylic acids is 1. The van der Waals surface area contributed by atoms with Gasteiger partial charge in [0.2, 0.25) is 0 Å². The van der Waals surface area contributed by atoms with Gasteiger partial charge in [-0.3, -0.25) is 4.79 Å². The van der Waals surface area contributed by atoms with Crippen molar-refractivity contribution in [2.24, 2.45) is 0 Å². The molecule has 3 rings (SSSR count). The number of hydrogen-bond acceptors (Lipinski definition) is 5. The lowest BCUT2D eigenvalue weighted by atomic mass is 10.1. The number of anilines is 1. The van der Waals surface area contributed by atoms with Crippen molar-refractivity contribution in [1.29, 1.82) is 0 Å². The lowest BCUT2D eigenvalue weighted by molar-refractivity contribution is 0.0697. The maximum Gasteiger partial charge on any atom is 0.338 e. The van der Waals surface area contributed by atoms with Gasteiger partial charge in [0.25, 0.3) is 5.91 Å². The van der Waals surface area contributed by atoms with Crippen molar-refractivity contribution < 1.29 is 19.2 Å². The molecule has 0 atom stereocenters. The van der Waals surface area contributed by atoms with Crippen LogP contribution >= 0.6 is 11.3 Å². The summed E-state index contributed by atoms with van der Waals surface area (Å²) in [5, 5.41) is 15.9. The highest BCUT2D eigenvalue weighted by molar-refractivity contribution is 7.16. The zero-order valence-electron chi connectivity index (χ0n) is 11.6. The normalized spacial score (nSPS) is 14.2. The monoisotopic (exact) mass is 306 g/mol. The van der Waals surface area contributed by atoms with Crippen LogP contribution in [0.2, 0.25) is 0 Å². The van der Waals surface area contributed by atoms with Crippen LogP contribution in [0.1, 0.15) is 55.8 Å². The smallest absolute Gasteiger partial charge is 0.338 e. The third kappa shape index (κ3) is 2.56. The number of carboxylic acid groups (broad SMARTS) is 1. The molecule has 1 fully saturated rings. The molecule has 1 aliphatic rings. The van der Waals surface area contributed by atoms with Crippen LogP contribution in [0.15, 0.2) is 10.6 Å². The SMILES string of the molecule is Cc1sc(NC(=O)c2cc(C3CC3)on2)c(C(=O)O)c1C. The van der Waals surface area contributed by atoms with Gasteiger partial charge in [0.1, 0.15) is 10.8 Å². The Morgan fingerprint density at radius 3 is 2.76 bits per heavy atom. The summed E-state index contributed by atoms with van der Waals surface area (Å²) in [5.74, 6) is -0.405. The van der Waals surface area contributed by atoms with E-state index in [-0.39, 0.29) is 11.3 Å². The molecule has 2 N–H and O–H groups in total. The average molecular weight is 306 g/mol. The highest BCUT2D eigenvalue weighted by Crippen LogP contribution is 2.40. The van der Waals surface area contributed by atoms with Crippen molar-refractivity contribution in [3.8, 4) is 0 Å². The van der Waals surface area contributed by atoms with E-state index in [1.54, 1.807) is 13.0 Å². The molecule has 0 unspecified atom stereocenters. The quantitative estimate of drug-likeness (QED) is 0.905. The van der Waals surface area contributed by atoms with Crippen LogP contribution in [-0.2, 0) is 0 Å². The molecule has 1 saturated carbocycles. The minimum atomic E-state index is -1.05. The summed E-state index contributed by atoms with van der Waals surface area (Å²) in [6.07, 6.45) is 2.12. The van der Waals surface area contributed by atoms with Crippen molar-refractivity contribution in [3.63, 3.8) is 0 Å². The van der Waals surface area contributed by atoms with Gasteiger partial charge in [0.15, 0.2) is 5.69 Å². The van der Waals surface area contributed by atoms with Crippen molar-refractivity contribution in [1.82, 2.24) is 5.16 Å². The van der Waals surface area contributed by atoms with E-state index < -0.39 is 11.9 Å². The van der Waals surface area contributed by atoms with Crippen LogP contribution in [0, 0.1) is 13.8 Å². The molecule has 0 radical (unpaired) electrons. The molecule has 0 aromatic carbocycles. The molecule has 7 heteroatoms. The van der Waals surface area contributed by atoms with E-state index in [0.717, 1.165) is 23.5 Å². The highest BCUT2D eigenvalue weighted by Gasteiger charge is 2.29. The number of carbonyl (C=O) groups is 2. The van der Waals surface area contributed by atoms with Gasteiger partial charge in [-0.05, 0) is 32.3 Å². The first-order valence-electron chi connectivity index (χ1n) is 6.58. The Bertz CT molecular complexity index is 727. The van der Waals surface area contributed by atoms with Crippen LogP contribution < -0.4 is 5.32 Å². The maximum absolute atomic E-state index is 12.1. The van der Waals surface area contributed by atoms with E-state index in [2.05, 4.69) is 10.5 Å². The predicted molar refractivity (Wildman–Crippen MR) is 77.2 cm³/mol. The standard InChI is InChI=1S/C14H14N2O4S/c1-6-7(2)21-13(11(6)14(18)19)15-12(17)9-5-10(20-16-9)8-3-4-8/h5,8H,3-4H2,1-2H3,(H,15,17)(H,18,19). The van der Waals surface area contributed by atoms with Crippen LogP contribution in [0.25, 0.3) is 0 Å². The Balaban J connectivity index is 1.83. The molecule has 21 heavy (non-hydrogen) atoms. The molecule has 0 bridgehead atoms. The van der Waals surface area contributed by atoms with E-state index in [1.165, 1.54) is 11.3 Å². The van der Waals surface area contributed by atoms with Gasteiger partial charge >= 0.3 is 5.97 Å². The third-order valence-electron chi connectivity index (χ3n) is 3.57. The van der Waals surface area contributed by atoms with Crippen LogP contribution in [-0.4, -0.2) is 22.1 Å². The molecular weight excluding hydrogens is 292 g/mol. The fourth-order valence-corrected chi connectivity index (χ4v) is 3.14. The fraction of sp³-hybridized carbons (Fsp3) is 0.357. The number of amides is 1. The van der Waals surface area contributed by atoms with E-state index >= 15 is 0 Å². The summed E-state index contributed by atoms with van der Waals surface area (Å²) in [5.41, 5.74) is 0.982. The van der Waals surface area contributed by atoms with Crippen molar-refractivity contribution in [2.75, 3.05) is 5.32 Å². The Kier molecular flexibility index (Phi) is 3.29. The largest absolute Gasteiger partial charge is 0.478 e. The molecule has 2 aromatic heterocycles. The molecule has 6 nitrogen and oxygen atoms in total. The van der Waals surface area contributed by atoms with Gasteiger partial charge in [0, 0.05) is 16.9 Å². The number of aryl methyl sites for hydroxylation is 1. The molecule has 1 aliphatic carbocycles. The number of carboxylic acids is 1. The van der Waals surface area contributed by atoms with Gasteiger partial charge in [-0.25, -0.2) is 4.79 Å². The Morgan fingerprint density at radius 2 is 2.14 bits per heavy atom. The lowest BCUT2D eigenvalue weighted by Gasteiger charge is -2.01. The molecule has 0 saturated heterocycles. The number of aromatic nitrogens is 1. The topological polar surface area (TPSA) is 92.4 Å². The summed E-state index contributed by atoms with van der Waals surface area (Å²) in [7, 11) is 0. The number of hydrogen-bond donors (Lipinski definition) is 2. The first kappa shape index (κ1) is 13.8. The van der Waals surface area contributed by atoms with E-state index in [4.69, 9.17) is 4.52 Å². The molecule has 110 valence electrons. The zero-order chi connectivity index (χ0) is 15.1. The Morgan fingerprint density at radius 1 is 1.43 bits per heavy atom. The molecule has 1 amide bonds. The number of rotatable bonds is 4. The zero-order valence-corrected chi connectivity index (χ0v) is 12.4. The Labute approximate surface area is 124 Å². The molecular formula is C14H14N2O4S. The van der Waals surface area contributed by atoms with Crippen LogP contribution in [0.5, 0.6) is 0 Å². The highest BCUT2D eigenvalue weighted by atomic mass is 32.1. The van der Waals surface area contributed by atoms with Crippen molar-refractivity contribution in [3.05, 3.63) is 33.5 Å². The van der Waals surface area contributed by atoms with Gasteiger partial charge in [-0.1, -0.05) is 5.16 Å². The van der Waals surface area contributed by atoms with Crippen LogP contribution in [0.4, 0.5) is 5.00 Å². The van der Waals surface area contributed by atoms with Crippen LogP contribution in [0.3, 0.4) is 0 Å². The molecule has 2 aromatic rings. The minimum Gasteiger partial charge on any atom is -0.478 e. The van der Waals surface area contributed by atoms with Gasteiger partial charge in [0.05, 0.1) is 5.56 Å². The van der Waals surface area contributed by atoms with E-state index in [1.807, 2.05) is 6.92 Å². The van der Waals surface area contributed by atoms with Gasteiger partial charge < -0.3 is 14.9 Å². The summed E-state index contributed by atoms with van der Waals surface area (Å²) in [6.45, 7) is 3.55. The predicted octanol–water partition coefficient (Wildman–Crippen LogP) is 3.18. The van der Waals surface area contributed by atoms with E-state index in [9.17, 15) is 14.7 Å². The minimum absolute atomic E-state index is 0.136.